The maximum atomic E-state index is 12.6. The van der Waals surface area contributed by atoms with Gasteiger partial charge in [0.25, 0.3) is 5.91 Å². The Hall–Kier alpha value is -1.60. The van der Waals surface area contributed by atoms with Crippen LogP contribution in [0.1, 0.15) is 36.5 Å². The van der Waals surface area contributed by atoms with Gasteiger partial charge >= 0.3 is 0 Å². The molecule has 1 amide bonds. The van der Waals surface area contributed by atoms with E-state index < -0.39 is 10.0 Å². The third-order valence-corrected chi connectivity index (χ3v) is 5.54. The fraction of sp³-hybridized carbons (Fsp3) is 0.562. The number of carbonyl (C=O) groups is 1. The predicted molar refractivity (Wildman–Crippen MR) is 92.1 cm³/mol. The molecule has 1 aromatic carbocycles. The molecule has 1 heterocycles. The Morgan fingerprint density at radius 2 is 2.00 bits per heavy atom. The lowest BCUT2D eigenvalue weighted by atomic mass is 10.0. The fourth-order valence-corrected chi connectivity index (χ4v) is 3.89. The van der Waals surface area contributed by atoms with E-state index in [4.69, 9.17) is 0 Å². The summed E-state index contributed by atoms with van der Waals surface area (Å²) in [5, 5.41) is 3.24. The van der Waals surface area contributed by atoms with Crippen LogP contribution in [0.25, 0.3) is 0 Å². The lowest BCUT2D eigenvalue weighted by Gasteiger charge is -2.32. The minimum atomic E-state index is -3.35. The molecule has 0 atom stereocenters. The summed E-state index contributed by atoms with van der Waals surface area (Å²) in [6, 6.07) is 7.17. The molecule has 6 nitrogen and oxygen atoms in total. The van der Waals surface area contributed by atoms with E-state index in [1.165, 1.54) is 0 Å². The molecule has 0 saturated carbocycles. The van der Waals surface area contributed by atoms with Gasteiger partial charge in [-0.15, -0.1) is 0 Å². The van der Waals surface area contributed by atoms with Crippen LogP contribution >= 0.6 is 0 Å². The van der Waals surface area contributed by atoms with Gasteiger partial charge in [-0.3, -0.25) is 9.52 Å². The highest BCUT2D eigenvalue weighted by Gasteiger charge is 2.23. The monoisotopic (exact) mass is 339 g/mol. The first-order valence-electron chi connectivity index (χ1n) is 8.02. The van der Waals surface area contributed by atoms with Crippen LogP contribution in [0.15, 0.2) is 24.3 Å². The van der Waals surface area contributed by atoms with Crippen molar-refractivity contribution in [1.82, 2.24) is 10.2 Å². The number of hydrogen-bond donors (Lipinski definition) is 2. The summed E-state index contributed by atoms with van der Waals surface area (Å²) in [5.74, 6) is 0.0268. The highest BCUT2D eigenvalue weighted by molar-refractivity contribution is 7.92. The van der Waals surface area contributed by atoms with Gasteiger partial charge in [-0.1, -0.05) is 13.0 Å². The molecular formula is C16H25N3O3S. The van der Waals surface area contributed by atoms with Gasteiger partial charge in [0.15, 0.2) is 0 Å². The molecule has 7 heteroatoms. The van der Waals surface area contributed by atoms with Crippen molar-refractivity contribution in [1.29, 1.82) is 0 Å². The summed E-state index contributed by atoms with van der Waals surface area (Å²) in [6.45, 7) is 3.25. The highest BCUT2D eigenvalue weighted by Crippen LogP contribution is 2.17. The average Bonchev–Trinajstić information content (AvgIpc) is 2.54. The Morgan fingerprint density at radius 1 is 1.30 bits per heavy atom. The summed E-state index contributed by atoms with van der Waals surface area (Å²) in [7, 11) is -1.41. The van der Waals surface area contributed by atoms with Crippen molar-refractivity contribution in [3.63, 3.8) is 0 Å². The van der Waals surface area contributed by atoms with Crippen molar-refractivity contribution in [2.75, 3.05) is 30.6 Å². The normalized spacial score (nSPS) is 16.3. The zero-order valence-electron chi connectivity index (χ0n) is 13.7. The number of nitrogens with zero attached hydrogens (tertiary/aromatic N) is 1. The van der Waals surface area contributed by atoms with E-state index in [0.29, 0.717) is 23.7 Å². The smallest absolute Gasteiger partial charge is 0.253 e. The molecule has 1 aromatic rings. The molecule has 1 aliphatic rings. The zero-order chi connectivity index (χ0) is 16.9. The van der Waals surface area contributed by atoms with Crippen molar-refractivity contribution in [2.45, 2.75) is 32.2 Å². The Bertz CT molecular complexity index is 638. The number of anilines is 1. The number of benzene rings is 1. The van der Waals surface area contributed by atoms with Crippen LogP contribution in [-0.2, 0) is 10.0 Å². The highest BCUT2D eigenvalue weighted by atomic mass is 32.2. The van der Waals surface area contributed by atoms with E-state index in [0.717, 1.165) is 25.9 Å². The number of likely N-dealkylation sites (tertiary alicyclic amines) is 1. The lowest BCUT2D eigenvalue weighted by Crippen LogP contribution is -2.43. The second-order valence-electron chi connectivity index (χ2n) is 5.86. The minimum Gasteiger partial charge on any atom is -0.339 e. The summed E-state index contributed by atoms with van der Waals surface area (Å²) in [5.41, 5.74) is 0.957. The Morgan fingerprint density at radius 3 is 2.61 bits per heavy atom. The molecule has 128 valence electrons. The maximum Gasteiger partial charge on any atom is 0.253 e. The van der Waals surface area contributed by atoms with Crippen LogP contribution in [0.5, 0.6) is 0 Å². The van der Waals surface area contributed by atoms with Crippen molar-refractivity contribution in [3.05, 3.63) is 29.8 Å². The van der Waals surface area contributed by atoms with Gasteiger partial charge < -0.3 is 10.2 Å². The third kappa shape index (κ3) is 4.94. The molecule has 1 aliphatic heterocycles. The van der Waals surface area contributed by atoms with Gasteiger partial charge in [0, 0.05) is 30.4 Å². The topological polar surface area (TPSA) is 78.5 Å². The second-order valence-corrected chi connectivity index (χ2v) is 7.70. The van der Waals surface area contributed by atoms with Gasteiger partial charge in [-0.25, -0.2) is 8.42 Å². The number of rotatable bonds is 6. The van der Waals surface area contributed by atoms with Crippen molar-refractivity contribution < 1.29 is 13.2 Å². The van der Waals surface area contributed by atoms with Gasteiger partial charge in [0.2, 0.25) is 10.0 Å². The summed E-state index contributed by atoms with van der Waals surface area (Å²) < 4.78 is 26.2. The molecule has 0 radical (unpaired) electrons. The molecule has 2 N–H and O–H groups in total. The first-order valence-corrected chi connectivity index (χ1v) is 9.67. The van der Waals surface area contributed by atoms with E-state index >= 15 is 0 Å². The SMILES string of the molecule is CCCS(=O)(=O)Nc1cccc(C(=O)N2CCC(NC)CC2)c1. The lowest BCUT2D eigenvalue weighted by molar-refractivity contribution is 0.0707. The summed E-state index contributed by atoms with van der Waals surface area (Å²) in [4.78, 5) is 14.4. The molecule has 0 unspecified atom stereocenters. The molecule has 0 bridgehead atoms. The van der Waals surface area contributed by atoms with Crippen LogP contribution in [0.3, 0.4) is 0 Å². The largest absolute Gasteiger partial charge is 0.339 e. The third-order valence-electron chi connectivity index (χ3n) is 4.05. The average molecular weight is 339 g/mol. The number of carbonyl (C=O) groups excluding carboxylic acids is 1. The van der Waals surface area contributed by atoms with Crippen LogP contribution < -0.4 is 10.0 Å². The van der Waals surface area contributed by atoms with E-state index in [1.807, 2.05) is 18.9 Å². The Kier molecular flexibility index (Phi) is 6.01. The van der Waals surface area contributed by atoms with Crippen molar-refractivity contribution in [2.24, 2.45) is 0 Å². The number of amides is 1. The number of piperidine rings is 1. The molecule has 23 heavy (non-hydrogen) atoms. The first kappa shape index (κ1) is 17.7. The number of sulfonamides is 1. The standard InChI is InChI=1S/C16H25N3O3S/c1-3-11-23(21,22)18-15-6-4-5-13(12-15)16(20)19-9-7-14(17-2)8-10-19/h4-6,12,14,17-18H,3,7-11H2,1-2H3. The fourth-order valence-electron chi connectivity index (χ4n) is 2.77. The minimum absolute atomic E-state index is 0.0453. The van der Waals surface area contributed by atoms with Crippen LogP contribution in [0.4, 0.5) is 5.69 Å². The molecular weight excluding hydrogens is 314 g/mol. The molecule has 0 aromatic heterocycles. The Labute approximate surface area is 138 Å². The number of nitrogens with one attached hydrogen (secondary N) is 2. The quantitative estimate of drug-likeness (QED) is 0.826. The molecule has 1 fully saturated rings. The van der Waals surface area contributed by atoms with Crippen LogP contribution in [-0.4, -0.2) is 51.2 Å². The Balaban J connectivity index is 2.06. The predicted octanol–water partition coefficient (Wildman–Crippen LogP) is 1.66. The van der Waals surface area contributed by atoms with Crippen LogP contribution in [0.2, 0.25) is 0 Å². The van der Waals surface area contributed by atoms with E-state index in [-0.39, 0.29) is 11.7 Å². The molecule has 2 rings (SSSR count). The van der Waals surface area contributed by atoms with Crippen LogP contribution in [0, 0.1) is 0 Å². The maximum absolute atomic E-state index is 12.6. The van der Waals surface area contributed by atoms with Crippen molar-refractivity contribution >= 4 is 21.6 Å². The summed E-state index contributed by atoms with van der Waals surface area (Å²) in [6.07, 6.45) is 2.42. The zero-order valence-corrected chi connectivity index (χ0v) is 14.5. The van der Waals surface area contributed by atoms with E-state index in [9.17, 15) is 13.2 Å². The van der Waals surface area contributed by atoms with Gasteiger partial charge in [0.1, 0.15) is 0 Å². The number of hydrogen-bond acceptors (Lipinski definition) is 4. The summed E-state index contributed by atoms with van der Waals surface area (Å²) >= 11 is 0. The van der Waals surface area contributed by atoms with Gasteiger partial charge in [0.05, 0.1) is 5.75 Å². The van der Waals surface area contributed by atoms with E-state index in [1.54, 1.807) is 24.3 Å². The first-order chi connectivity index (χ1) is 10.9. The van der Waals surface area contributed by atoms with Gasteiger partial charge in [-0.05, 0) is 44.5 Å². The molecule has 1 saturated heterocycles. The van der Waals surface area contributed by atoms with E-state index in [2.05, 4.69) is 10.0 Å². The molecule has 0 spiro atoms. The van der Waals surface area contributed by atoms with Crippen molar-refractivity contribution in [3.8, 4) is 0 Å². The van der Waals surface area contributed by atoms with Gasteiger partial charge in [-0.2, -0.15) is 0 Å². The molecule has 0 aliphatic carbocycles. The second kappa shape index (κ2) is 7.79.